The Labute approximate surface area is 73.3 Å². The third-order valence-electron chi connectivity index (χ3n) is 2.01. The van der Waals surface area contributed by atoms with Crippen LogP contribution >= 0.6 is 0 Å². The normalized spacial score (nSPS) is 12.0. The Bertz CT molecular complexity index is 84.1. The van der Waals surface area contributed by atoms with Crippen molar-refractivity contribution < 1.29 is 7.53 Å². The van der Waals surface area contributed by atoms with Gasteiger partial charge in [0.25, 0.3) is 0 Å². The van der Waals surface area contributed by atoms with Crippen LogP contribution < -0.4 is 0 Å². The predicted molar refractivity (Wildman–Crippen MR) is 50.0 cm³/mol. The van der Waals surface area contributed by atoms with E-state index in [1.807, 2.05) is 0 Å². The fourth-order valence-electron chi connectivity index (χ4n) is 1.38. The van der Waals surface area contributed by atoms with Crippen molar-refractivity contribution in [2.24, 2.45) is 0 Å². The summed E-state index contributed by atoms with van der Waals surface area (Å²) in [5, 5.41) is 2.34. The SMILES string of the molecule is CC[CH2][Ge]([CH2]CC)([O]C)[O]C. The molecule has 0 fully saturated rings. The van der Waals surface area contributed by atoms with E-state index >= 15 is 0 Å². The first-order chi connectivity index (χ1) is 5.24. The van der Waals surface area contributed by atoms with E-state index in [-0.39, 0.29) is 0 Å². The molecule has 0 saturated heterocycles. The van der Waals surface area contributed by atoms with E-state index < -0.39 is 13.9 Å². The Morgan fingerprint density at radius 3 is 1.45 bits per heavy atom. The zero-order valence-electron chi connectivity index (χ0n) is 8.14. The molecule has 0 saturated carbocycles. The summed E-state index contributed by atoms with van der Waals surface area (Å²) in [6.45, 7) is 4.38. The summed E-state index contributed by atoms with van der Waals surface area (Å²) < 4.78 is 11.1. The summed E-state index contributed by atoms with van der Waals surface area (Å²) in [6.07, 6.45) is 2.36. The average Bonchev–Trinajstić information content (AvgIpc) is 2.04. The molecule has 0 bridgehead atoms. The molecule has 0 spiro atoms. The fraction of sp³-hybridized carbons (Fsp3) is 1.00. The van der Waals surface area contributed by atoms with Crippen molar-refractivity contribution in [2.75, 3.05) is 14.2 Å². The van der Waals surface area contributed by atoms with Crippen LogP contribution in [0.2, 0.25) is 10.5 Å². The van der Waals surface area contributed by atoms with E-state index in [0.29, 0.717) is 0 Å². The molecule has 0 heterocycles. The maximum absolute atomic E-state index is 5.53. The zero-order valence-corrected chi connectivity index (χ0v) is 10.2. The molecule has 0 amide bonds. The van der Waals surface area contributed by atoms with Gasteiger partial charge in [-0.1, -0.05) is 0 Å². The van der Waals surface area contributed by atoms with Crippen molar-refractivity contribution in [2.45, 2.75) is 37.2 Å². The molecule has 0 rings (SSSR count). The van der Waals surface area contributed by atoms with Crippen LogP contribution in [-0.4, -0.2) is 28.2 Å². The molecule has 0 aromatic carbocycles. The Balaban J connectivity index is 3.96. The summed E-state index contributed by atoms with van der Waals surface area (Å²) in [4.78, 5) is 0. The van der Waals surface area contributed by atoms with Crippen LogP contribution in [0.5, 0.6) is 0 Å². The summed E-state index contributed by atoms with van der Waals surface area (Å²) >= 11 is -2.24. The second-order valence-corrected chi connectivity index (χ2v) is 10.5. The van der Waals surface area contributed by atoms with Gasteiger partial charge in [-0.25, -0.2) is 0 Å². The topological polar surface area (TPSA) is 18.5 Å². The van der Waals surface area contributed by atoms with Crippen LogP contribution in [0, 0.1) is 0 Å². The van der Waals surface area contributed by atoms with Gasteiger partial charge in [-0.15, -0.1) is 0 Å². The van der Waals surface area contributed by atoms with Crippen molar-refractivity contribution in [3.63, 3.8) is 0 Å². The molecular formula is C8H20GeO2. The Hall–Kier alpha value is 0.463. The van der Waals surface area contributed by atoms with Gasteiger partial charge in [0.15, 0.2) is 0 Å². The molecule has 11 heavy (non-hydrogen) atoms. The minimum atomic E-state index is -2.24. The van der Waals surface area contributed by atoms with Gasteiger partial charge in [-0.3, -0.25) is 0 Å². The monoisotopic (exact) mass is 222 g/mol. The van der Waals surface area contributed by atoms with E-state index in [9.17, 15) is 0 Å². The zero-order chi connectivity index (χ0) is 8.74. The van der Waals surface area contributed by atoms with Gasteiger partial charge in [0.1, 0.15) is 0 Å². The van der Waals surface area contributed by atoms with Crippen LogP contribution in [0.3, 0.4) is 0 Å². The minimum absolute atomic E-state index is 1.17. The van der Waals surface area contributed by atoms with E-state index in [0.717, 1.165) is 0 Å². The van der Waals surface area contributed by atoms with Gasteiger partial charge in [-0.05, 0) is 0 Å². The fourth-order valence-corrected chi connectivity index (χ4v) is 7.16. The molecule has 0 aromatic rings. The first kappa shape index (κ1) is 11.5. The maximum atomic E-state index is 5.53. The van der Waals surface area contributed by atoms with Crippen molar-refractivity contribution in [1.29, 1.82) is 0 Å². The molecule has 0 N–H and O–H groups in total. The molecule has 2 nitrogen and oxygen atoms in total. The first-order valence-corrected chi connectivity index (χ1v) is 9.03. The molecule has 3 heteroatoms. The quantitative estimate of drug-likeness (QED) is 0.641. The molecule has 0 aliphatic heterocycles. The number of rotatable bonds is 6. The van der Waals surface area contributed by atoms with Crippen molar-refractivity contribution >= 4 is 13.9 Å². The molecular weight excluding hydrogens is 201 g/mol. The van der Waals surface area contributed by atoms with E-state index in [2.05, 4.69) is 13.8 Å². The average molecular weight is 221 g/mol. The summed E-state index contributed by atoms with van der Waals surface area (Å²) in [5.41, 5.74) is 0. The second-order valence-electron chi connectivity index (χ2n) is 2.82. The van der Waals surface area contributed by atoms with Gasteiger partial charge in [-0.2, -0.15) is 0 Å². The summed E-state index contributed by atoms with van der Waals surface area (Å²) in [5.74, 6) is 0. The molecule has 0 aliphatic carbocycles. The molecule has 0 atom stereocenters. The van der Waals surface area contributed by atoms with Gasteiger partial charge in [0.05, 0.1) is 0 Å². The van der Waals surface area contributed by atoms with E-state index in [4.69, 9.17) is 7.53 Å². The Morgan fingerprint density at radius 2 is 1.27 bits per heavy atom. The second kappa shape index (κ2) is 6.03. The molecule has 0 unspecified atom stereocenters. The third kappa shape index (κ3) is 3.58. The molecule has 0 aromatic heterocycles. The first-order valence-electron chi connectivity index (χ1n) is 4.35. The number of hydrogen-bond acceptors (Lipinski definition) is 2. The van der Waals surface area contributed by atoms with Crippen LogP contribution in [-0.2, 0) is 7.53 Å². The van der Waals surface area contributed by atoms with E-state index in [1.165, 1.54) is 23.3 Å². The van der Waals surface area contributed by atoms with Crippen molar-refractivity contribution in [3.8, 4) is 0 Å². The Morgan fingerprint density at radius 1 is 0.909 bits per heavy atom. The van der Waals surface area contributed by atoms with Gasteiger partial charge >= 0.3 is 72.9 Å². The summed E-state index contributed by atoms with van der Waals surface area (Å²) in [7, 11) is 3.60. The van der Waals surface area contributed by atoms with Crippen molar-refractivity contribution in [3.05, 3.63) is 0 Å². The van der Waals surface area contributed by atoms with Crippen molar-refractivity contribution in [1.82, 2.24) is 0 Å². The standard InChI is InChI=1S/C8H20GeO2/c1-5-7-9(10-3,11-4)8-6-2/h5-8H2,1-4H3. The van der Waals surface area contributed by atoms with Crippen LogP contribution in [0.25, 0.3) is 0 Å². The molecule has 0 radical (unpaired) electrons. The van der Waals surface area contributed by atoms with Crippen LogP contribution in [0.1, 0.15) is 26.7 Å². The van der Waals surface area contributed by atoms with Gasteiger partial charge in [0.2, 0.25) is 0 Å². The van der Waals surface area contributed by atoms with Gasteiger partial charge in [0, 0.05) is 0 Å². The number of hydrogen-bond donors (Lipinski definition) is 0. The Kier molecular flexibility index (Phi) is 6.29. The van der Waals surface area contributed by atoms with Crippen LogP contribution in [0.4, 0.5) is 0 Å². The van der Waals surface area contributed by atoms with E-state index in [1.54, 1.807) is 14.2 Å². The van der Waals surface area contributed by atoms with Gasteiger partial charge < -0.3 is 0 Å². The molecule has 68 valence electrons. The predicted octanol–water partition coefficient (Wildman–Crippen LogP) is 2.54. The van der Waals surface area contributed by atoms with Crippen LogP contribution in [0.15, 0.2) is 0 Å². The third-order valence-corrected chi connectivity index (χ3v) is 10.4. The molecule has 0 aliphatic rings. The summed E-state index contributed by atoms with van der Waals surface area (Å²) in [6, 6.07) is 0.